The minimum atomic E-state index is -0.876. The van der Waals surface area contributed by atoms with Gasteiger partial charge in [0.2, 0.25) is 0 Å². The summed E-state index contributed by atoms with van der Waals surface area (Å²) >= 11 is 6.05. The summed E-state index contributed by atoms with van der Waals surface area (Å²) in [6.45, 7) is 2.14. The van der Waals surface area contributed by atoms with Crippen LogP contribution in [0.1, 0.15) is 24.0 Å². The number of piperidine rings is 1. The molecule has 0 saturated carbocycles. The molecule has 0 spiro atoms. The highest BCUT2D eigenvalue weighted by Gasteiger charge is 2.26. The first kappa shape index (κ1) is 14.3. The Morgan fingerprint density at radius 2 is 2.29 bits per heavy atom. The third-order valence-corrected chi connectivity index (χ3v) is 4.22. The van der Waals surface area contributed by atoms with Gasteiger partial charge < -0.3 is 20.1 Å². The molecule has 0 bridgehead atoms. The molecule has 1 saturated heterocycles. The van der Waals surface area contributed by atoms with Gasteiger partial charge in [0.25, 0.3) is 0 Å². The molecule has 1 amide bonds. The molecule has 3 rings (SSSR count). The van der Waals surface area contributed by atoms with Crippen LogP contribution in [0.3, 0.4) is 0 Å². The number of anilines is 1. The lowest BCUT2D eigenvalue weighted by atomic mass is 10.0. The number of halogens is 1. The van der Waals surface area contributed by atoms with E-state index < -0.39 is 6.09 Å². The molecule has 0 aliphatic carbocycles. The van der Waals surface area contributed by atoms with Gasteiger partial charge in [-0.2, -0.15) is 0 Å². The fraction of sp³-hybridized carbons (Fsp3) is 0.615. The van der Waals surface area contributed by atoms with E-state index >= 15 is 0 Å². The molecular formula is C13H17ClN4O3. The van der Waals surface area contributed by atoms with Crippen LogP contribution in [-0.2, 0) is 17.8 Å². The van der Waals surface area contributed by atoms with E-state index in [2.05, 4.69) is 15.5 Å². The molecule has 3 heterocycles. The van der Waals surface area contributed by atoms with Crippen molar-refractivity contribution in [3.05, 3.63) is 16.3 Å². The van der Waals surface area contributed by atoms with Crippen LogP contribution in [0.25, 0.3) is 0 Å². The van der Waals surface area contributed by atoms with E-state index in [0.29, 0.717) is 37.3 Å². The zero-order valence-electron chi connectivity index (χ0n) is 11.5. The first-order valence-corrected chi connectivity index (χ1v) is 7.39. The Hall–Kier alpha value is -1.60. The lowest BCUT2D eigenvalue weighted by Crippen LogP contribution is -2.44. The molecule has 1 fully saturated rings. The normalized spacial score (nSPS) is 21.8. The average molecular weight is 313 g/mol. The highest BCUT2D eigenvalue weighted by Crippen LogP contribution is 2.28. The Balaban J connectivity index is 1.77. The number of amides is 1. The molecule has 1 aromatic heterocycles. The fourth-order valence-corrected chi connectivity index (χ4v) is 3.03. The van der Waals surface area contributed by atoms with Gasteiger partial charge in [-0.05, 0) is 19.3 Å². The molecule has 7 nitrogen and oxygen atoms in total. The number of likely N-dealkylation sites (tertiary alicyclic amines) is 1. The maximum Gasteiger partial charge on any atom is 0.407 e. The number of carboxylic acid groups (broad SMARTS) is 1. The predicted molar refractivity (Wildman–Crippen MR) is 76.6 cm³/mol. The number of hydrogen-bond acceptors (Lipinski definition) is 5. The third kappa shape index (κ3) is 3.03. The molecule has 8 heteroatoms. The average Bonchev–Trinajstić information content (AvgIpc) is 2.51. The molecule has 0 unspecified atom stereocenters. The van der Waals surface area contributed by atoms with Crippen LogP contribution in [0, 0.1) is 0 Å². The van der Waals surface area contributed by atoms with Gasteiger partial charge >= 0.3 is 6.09 Å². The lowest BCUT2D eigenvalue weighted by Gasteiger charge is -2.32. The van der Waals surface area contributed by atoms with Gasteiger partial charge in [0, 0.05) is 30.3 Å². The highest BCUT2D eigenvalue weighted by molar-refractivity contribution is 6.30. The van der Waals surface area contributed by atoms with Crippen LogP contribution in [-0.4, -0.2) is 52.0 Å². The maximum absolute atomic E-state index is 11.1. The van der Waals surface area contributed by atoms with Crippen molar-refractivity contribution in [2.45, 2.75) is 31.9 Å². The third-order valence-electron chi connectivity index (χ3n) is 3.91. The van der Waals surface area contributed by atoms with Gasteiger partial charge in [0.1, 0.15) is 0 Å². The second-order valence-electron chi connectivity index (χ2n) is 5.31. The summed E-state index contributed by atoms with van der Waals surface area (Å²) in [5, 5.41) is 20.9. The van der Waals surface area contributed by atoms with Gasteiger partial charge in [0.05, 0.1) is 13.2 Å². The summed E-state index contributed by atoms with van der Waals surface area (Å²) in [6.07, 6.45) is 1.62. The zero-order chi connectivity index (χ0) is 14.8. The van der Waals surface area contributed by atoms with Crippen molar-refractivity contribution >= 4 is 23.5 Å². The minimum Gasteiger partial charge on any atom is -0.465 e. The number of carbonyl (C=O) groups is 1. The monoisotopic (exact) mass is 312 g/mol. The van der Waals surface area contributed by atoms with Gasteiger partial charge in [-0.3, -0.25) is 0 Å². The molecule has 0 radical (unpaired) electrons. The second-order valence-corrected chi connectivity index (χ2v) is 5.67. The molecule has 0 aromatic carbocycles. The summed E-state index contributed by atoms with van der Waals surface area (Å²) in [4.78, 5) is 12.5. The summed E-state index contributed by atoms with van der Waals surface area (Å²) in [6, 6.07) is 0.0530. The zero-order valence-corrected chi connectivity index (χ0v) is 12.3. The number of ether oxygens (including phenoxy) is 1. The smallest absolute Gasteiger partial charge is 0.407 e. The SMILES string of the molecule is O=C(O)N1CCC[C@@H](Nc2nnc(Cl)c3c2CCOC3)C1. The number of rotatable bonds is 2. The van der Waals surface area contributed by atoms with Crippen molar-refractivity contribution in [2.24, 2.45) is 0 Å². The van der Waals surface area contributed by atoms with Crippen molar-refractivity contribution in [1.82, 2.24) is 15.1 Å². The van der Waals surface area contributed by atoms with E-state index in [1.54, 1.807) is 0 Å². The lowest BCUT2D eigenvalue weighted by molar-refractivity contribution is 0.110. The van der Waals surface area contributed by atoms with E-state index in [9.17, 15) is 4.79 Å². The topological polar surface area (TPSA) is 87.6 Å². The van der Waals surface area contributed by atoms with Crippen molar-refractivity contribution in [3.63, 3.8) is 0 Å². The van der Waals surface area contributed by atoms with Crippen LogP contribution < -0.4 is 5.32 Å². The molecule has 21 heavy (non-hydrogen) atoms. The van der Waals surface area contributed by atoms with E-state index in [1.165, 1.54) is 4.90 Å². The van der Waals surface area contributed by atoms with Crippen molar-refractivity contribution in [3.8, 4) is 0 Å². The van der Waals surface area contributed by atoms with Crippen molar-refractivity contribution < 1.29 is 14.6 Å². The molecule has 2 N–H and O–H groups in total. The maximum atomic E-state index is 11.1. The Kier molecular flexibility index (Phi) is 4.12. The number of nitrogens with one attached hydrogen (secondary N) is 1. The van der Waals surface area contributed by atoms with E-state index in [0.717, 1.165) is 30.4 Å². The first-order chi connectivity index (χ1) is 10.1. The molecule has 2 aliphatic rings. The Morgan fingerprint density at radius 1 is 1.43 bits per heavy atom. The van der Waals surface area contributed by atoms with Gasteiger partial charge in [-0.1, -0.05) is 11.6 Å². The predicted octanol–water partition coefficient (Wildman–Crippen LogP) is 1.76. The van der Waals surface area contributed by atoms with Gasteiger partial charge in [-0.15, -0.1) is 10.2 Å². The number of hydrogen-bond donors (Lipinski definition) is 2. The quantitative estimate of drug-likeness (QED) is 0.865. The summed E-state index contributed by atoms with van der Waals surface area (Å²) < 4.78 is 5.40. The van der Waals surface area contributed by atoms with Crippen molar-refractivity contribution in [2.75, 3.05) is 25.0 Å². The van der Waals surface area contributed by atoms with Crippen LogP contribution in [0.5, 0.6) is 0 Å². The molecule has 114 valence electrons. The second kappa shape index (κ2) is 6.03. The standard InChI is InChI=1S/C13H17ClN4O3/c14-11-10-7-21-5-3-9(10)12(17-16-11)15-8-2-1-4-18(6-8)13(19)20/h8H,1-7H2,(H,15,17)(H,19,20)/t8-/m1/s1. The molecule has 1 atom stereocenters. The molecule has 1 aromatic rings. The molecule has 2 aliphatic heterocycles. The van der Waals surface area contributed by atoms with Gasteiger partial charge in [0.15, 0.2) is 11.0 Å². The number of fused-ring (bicyclic) bond motifs is 1. The number of aromatic nitrogens is 2. The van der Waals surface area contributed by atoms with Gasteiger partial charge in [-0.25, -0.2) is 4.79 Å². The number of nitrogens with zero attached hydrogens (tertiary/aromatic N) is 3. The fourth-order valence-electron chi connectivity index (χ4n) is 2.82. The first-order valence-electron chi connectivity index (χ1n) is 7.01. The Bertz CT molecular complexity index is 554. The van der Waals surface area contributed by atoms with E-state index in [1.807, 2.05) is 0 Å². The molecular weight excluding hydrogens is 296 g/mol. The van der Waals surface area contributed by atoms with Crippen molar-refractivity contribution in [1.29, 1.82) is 0 Å². The summed E-state index contributed by atoms with van der Waals surface area (Å²) in [5.74, 6) is 0.704. The Morgan fingerprint density at radius 3 is 3.10 bits per heavy atom. The Labute approximate surface area is 127 Å². The largest absolute Gasteiger partial charge is 0.465 e. The minimum absolute atomic E-state index is 0.0530. The van der Waals surface area contributed by atoms with Crippen LogP contribution in [0.2, 0.25) is 5.15 Å². The highest BCUT2D eigenvalue weighted by atomic mass is 35.5. The summed E-state index contributed by atoms with van der Waals surface area (Å²) in [5.41, 5.74) is 1.92. The van der Waals surface area contributed by atoms with E-state index in [4.69, 9.17) is 21.4 Å². The van der Waals surface area contributed by atoms with Crippen LogP contribution in [0.15, 0.2) is 0 Å². The van der Waals surface area contributed by atoms with Crippen LogP contribution in [0.4, 0.5) is 10.6 Å². The van der Waals surface area contributed by atoms with Crippen LogP contribution >= 0.6 is 11.6 Å². The summed E-state index contributed by atoms with van der Waals surface area (Å²) in [7, 11) is 0. The van der Waals surface area contributed by atoms with E-state index in [-0.39, 0.29) is 6.04 Å².